The molecule has 1 saturated heterocycles. The number of halogens is 1. The van der Waals surface area contributed by atoms with Gasteiger partial charge in [0.15, 0.2) is 11.6 Å². The van der Waals surface area contributed by atoms with Gasteiger partial charge in [-0.15, -0.1) is 0 Å². The molecule has 1 aliphatic heterocycles. The Hall–Kier alpha value is -3.91. The molecule has 7 nitrogen and oxygen atoms in total. The van der Waals surface area contributed by atoms with Crippen LogP contribution >= 0.6 is 0 Å². The van der Waals surface area contributed by atoms with Crippen LogP contribution in [0.15, 0.2) is 71.8 Å². The molecule has 0 spiro atoms. The molecule has 3 heterocycles. The Labute approximate surface area is 201 Å². The number of benzene rings is 2. The highest BCUT2D eigenvalue weighted by Crippen LogP contribution is 2.29. The number of hydrogen-bond donors (Lipinski definition) is 1. The largest absolute Gasteiger partial charge is 0.479 e. The molecule has 0 radical (unpaired) electrons. The van der Waals surface area contributed by atoms with E-state index in [1.54, 1.807) is 12.1 Å². The van der Waals surface area contributed by atoms with Crippen molar-refractivity contribution in [2.75, 3.05) is 20.1 Å². The molecule has 0 aliphatic carbocycles. The van der Waals surface area contributed by atoms with Gasteiger partial charge in [-0.1, -0.05) is 36.4 Å². The summed E-state index contributed by atoms with van der Waals surface area (Å²) in [6.07, 6.45) is 3.43. The third kappa shape index (κ3) is 4.57. The Bertz CT molecular complexity index is 1440. The van der Waals surface area contributed by atoms with Gasteiger partial charge in [0.05, 0.1) is 17.5 Å². The maximum Gasteiger partial charge on any atom is 0.331 e. The van der Waals surface area contributed by atoms with Crippen molar-refractivity contribution in [1.29, 1.82) is 0 Å². The number of carbonyl (C=O) groups is 1. The topological polar surface area (TPSA) is 88.3 Å². The maximum atomic E-state index is 13.8. The fourth-order valence-corrected chi connectivity index (χ4v) is 4.72. The number of rotatable bonds is 5. The number of hydrogen-bond acceptors (Lipinski definition) is 5. The maximum absolute atomic E-state index is 13.8. The lowest BCUT2D eigenvalue weighted by molar-refractivity contribution is -0.139. The Morgan fingerprint density at radius 3 is 2.51 bits per heavy atom. The number of fused-ring (bicyclic) bond motifs is 1. The van der Waals surface area contributed by atoms with Crippen LogP contribution in [0.25, 0.3) is 22.3 Å². The lowest BCUT2D eigenvalue weighted by Crippen LogP contribution is -2.31. The molecule has 0 saturated carbocycles. The molecule has 1 unspecified atom stereocenters. The summed E-state index contributed by atoms with van der Waals surface area (Å²) >= 11 is 0. The van der Waals surface area contributed by atoms with E-state index < -0.39 is 23.4 Å². The van der Waals surface area contributed by atoms with Crippen LogP contribution in [0.2, 0.25) is 0 Å². The molecule has 1 atom stereocenters. The zero-order valence-electron chi connectivity index (χ0n) is 19.3. The SMILES string of the molecule is CN1CCC(c2ccc(-c3ccc4ncn(C(C(=O)O)c5cccc(F)c5)c(=O)c4n3)cc2)CC1. The van der Waals surface area contributed by atoms with Gasteiger partial charge in [-0.05, 0) is 74.3 Å². The summed E-state index contributed by atoms with van der Waals surface area (Å²) in [4.78, 5) is 36.5. The van der Waals surface area contributed by atoms with Gasteiger partial charge in [-0.3, -0.25) is 9.36 Å². The molecule has 1 N–H and O–H groups in total. The van der Waals surface area contributed by atoms with Crippen LogP contribution in [0, 0.1) is 5.82 Å². The highest BCUT2D eigenvalue weighted by molar-refractivity contribution is 5.79. The predicted molar refractivity (Wildman–Crippen MR) is 131 cm³/mol. The number of aromatic nitrogens is 3. The van der Waals surface area contributed by atoms with Crippen molar-refractivity contribution in [2.45, 2.75) is 24.8 Å². The summed E-state index contributed by atoms with van der Waals surface area (Å²) in [5, 5.41) is 9.82. The van der Waals surface area contributed by atoms with E-state index >= 15 is 0 Å². The molecule has 2 aromatic heterocycles. The van der Waals surface area contributed by atoms with Crippen LogP contribution in [0.5, 0.6) is 0 Å². The molecule has 0 bridgehead atoms. The zero-order chi connectivity index (χ0) is 24.5. The van der Waals surface area contributed by atoms with Gasteiger partial charge in [0, 0.05) is 5.56 Å². The van der Waals surface area contributed by atoms with E-state index in [4.69, 9.17) is 0 Å². The van der Waals surface area contributed by atoms with Gasteiger partial charge in [0.1, 0.15) is 5.82 Å². The molecule has 1 fully saturated rings. The lowest BCUT2D eigenvalue weighted by Gasteiger charge is -2.29. The third-order valence-electron chi connectivity index (χ3n) is 6.71. The molecular formula is C27H25FN4O3. The highest BCUT2D eigenvalue weighted by atomic mass is 19.1. The van der Waals surface area contributed by atoms with Crippen LogP contribution in [-0.4, -0.2) is 50.6 Å². The van der Waals surface area contributed by atoms with Gasteiger partial charge in [0.2, 0.25) is 0 Å². The Balaban J connectivity index is 1.51. The predicted octanol–water partition coefficient (Wildman–Crippen LogP) is 4.08. The van der Waals surface area contributed by atoms with Crippen molar-refractivity contribution in [1.82, 2.24) is 19.4 Å². The summed E-state index contributed by atoms with van der Waals surface area (Å²) in [5.41, 5.74) is 2.72. The second kappa shape index (κ2) is 9.38. The highest BCUT2D eigenvalue weighted by Gasteiger charge is 2.25. The number of likely N-dealkylation sites (tertiary alicyclic amines) is 1. The van der Waals surface area contributed by atoms with E-state index in [0.29, 0.717) is 17.1 Å². The van der Waals surface area contributed by atoms with E-state index in [9.17, 15) is 19.1 Å². The second-order valence-corrected chi connectivity index (χ2v) is 9.02. The molecule has 5 rings (SSSR count). The Kier molecular flexibility index (Phi) is 6.13. The minimum absolute atomic E-state index is 0.0621. The summed E-state index contributed by atoms with van der Waals surface area (Å²) in [7, 11) is 2.14. The molecule has 1 aliphatic rings. The van der Waals surface area contributed by atoms with E-state index in [1.165, 1.54) is 30.1 Å². The lowest BCUT2D eigenvalue weighted by atomic mass is 9.89. The molecule has 2 aromatic carbocycles. The van der Waals surface area contributed by atoms with Crippen LogP contribution in [0.1, 0.15) is 35.9 Å². The fraction of sp³-hybridized carbons (Fsp3) is 0.259. The standard InChI is InChI=1S/C27H25FN4O3/c1-31-13-11-18(12-14-31)17-5-7-19(8-6-17)22-9-10-23-24(30-22)26(33)32(16-29-23)25(27(34)35)20-3-2-4-21(28)15-20/h2-10,15-16,18,25H,11-14H2,1H3,(H,34,35). The average molecular weight is 473 g/mol. The van der Waals surface area contributed by atoms with E-state index in [2.05, 4.69) is 34.0 Å². The summed E-state index contributed by atoms with van der Waals surface area (Å²) in [6, 6.07) is 15.5. The average Bonchev–Trinajstić information content (AvgIpc) is 2.86. The monoisotopic (exact) mass is 472 g/mol. The molecule has 0 amide bonds. The van der Waals surface area contributed by atoms with Gasteiger partial charge >= 0.3 is 5.97 Å². The van der Waals surface area contributed by atoms with Gasteiger partial charge in [-0.2, -0.15) is 0 Å². The quantitative estimate of drug-likeness (QED) is 0.471. The molecule has 8 heteroatoms. The van der Waals surface area contributed by atoms with Crippen LogP contribution in [0.4, 0.5) is 4.39 Å². The second-order valence-electron chi connectivity index (χ2n) is 9.02. The van der Waals surface area contributed by atoms with E-state index in [1.807, 2.05) is 12.1 Å². The molecule has 35 heavy (non-hydrogen) atoms. The minimum atomic E-state index is -1.42. The Morgan fingerprint density at radius 2 is 1.83 bits per heavy atom. The van der Waals surface area contributed by atoms with Gasteiger partial charge < -0.3 is 10.0 Å². The van der Waals surface area contributed by atoms with Crippen molar-refractivity contribution >= 4 is 17.0 Å². The Morgan fingerprint density at radius 1 is 1.09 bits per heavy atom. The zero-order valence-corrected chi connectivity index (χ0v) is 19.3. The van der Waals surface area contributed by atoms with Crippen molar-refractivity contribution in [3.8, 4) is 11.3 Å². The van der Waals surface area contributed by atoms with Gasteiger partial charge in [0.25, 0.3) is 5.56 Å². The van der Waals surface area contributed by atoms with Crippen molar-refractivity contribution < 1.29 is 14.3 Å². The number of pyridine rings is 1. The fourth-order valence-electron chi connectivity index (χ4n) is 4.72. The first-order valence-electron chi connectivity index (χ1n) is 11.6. The first kappa shape index (κ1) is 22.9. The summed E-state index contributed by atoms with van der Waals surface area (Å²) in [6.45, 7) is 2.18. The first-order chi connectivity index (χ1) is 16.9. The van der Waals surface area contributed by atoms with E-state index in [-0.39, 0.29) is 11.1 Å². The van der Waals surface area contributed by atoms with Crippen molar-refractivity contribution in [3.05, 3.63) is 94.3 Å². The molecule has 178 valence electrons. The molecule has 4 aromatic rings. The van der Waals surface area contributed by atoms with Gasteiger partial charge in [-0.25, -0.2) is 19.2 Å². The number of piperidine rings is 1. The third-order valence-corrected chi connectivity index (χ3v) is 6.71. The van der Waals surface area contributed by atoms with E-state index in [0.717, 1.165) is 42.1 Å². The first-order valence-corrected chi connectivity index (χ1v) is 11.6. The van der Waals surface area contributed by atoms with Crippen LogP contribution in [0.3, 0.4) is 0 Å². The van der Waals surface area contributed by atoms with Crippen molar-refractivity contribution in [3.63, 3.8) is 0 Å². The summed E-state index contributed by atoms with van der Waals surface area (Å²) < 4.78 is 14.7. The number of carboxylic acid groups (broad SMARTS) is 1. The van der Waals surface area contributed by atoms with Crippen molar-refractivity contribution in [2.24, 2.45) is 0 Å². The number of carboxylic acids is 1. The normalized spacial score (nSPS) is 15.8. The number of aliphatic carboxylic acids is 1. The minimum Gasteiger partial charge on any atom is -0.479 e. The summed E-state index contributed by atoms with van der Waals surface area (Å²) in [5.74, 6) is -1.34. The van der Waals surface area contributed by atoms with Crippen LogP contribution in [-0.2, 0) is 4.79 Å². The smallest absolute Gasteiger partial charge is 0.331 e. The number of nitrogens with zero attached hydrogens (tertiary/aromatic N) is 4. The van der Waals surface area contributed by atoms with Crippen LogP contribution < -0.4 is 5.56 Å². The molecular weight excluding hydrogens is 447 g/mol.